The molecule has 0 amide bonds. The molecule has 1 heterocycles. The van der Waals surface area contributed by atoms with Crippen LogP contribution in [0.4, 0.5) is 0 Å². The third-order valence-electron chi connectivity index (χ3n) is 2.98. The van der Waals surface area contributed by atoms with Gasteiger partial charge in [0.25, 0.3) is 0 Å². The molecule has 0 fully saturated rings. The molecule has 0 spiro atoms. The monoisotopic (exact) mass is 280 g/mol. The van der Waals surface area contributed by atoms with Gasteiger partial charge in [0.15, 0.2) is 0 Å². The molecular weight excluding hydrogens is 264 g/mol. The molecule has 0 saturated carbocycles. The van der Waals surface area contributed by atoms with Crippen molar-refractivity contribution in [2.45, 2.75) is 19.1 Å². The average Bonchev–Trinajstić information content (AvgIpc) is 2.76. The molecule has 2 atom stereocenters. The van der Waals surface area contributed by atoms with E-state index >= 15 is 0 Å². The number of benzene rings is 1. The highest BCUT2D eigenvalue weighted by molar-refractivity contribution is 6.31. The number of aryl methyl sites for hydroxylation is 1. The van der Waals surface area contributed by atoms with E-state index in [0.717, 1.165) is 5.56 Å². The third kappa shape index (κ3) is 2.97. The standard InChI is InChI=1S/C14H17ClN2O2/c1-3-19-14(10-7-5-4-6-8-10)13(18)12-11(15)9-16-17(12)2/h4-9,13-14,18H,3H2,1-2H3. The van der Waals surface area contributed by atoms with Gasteiger partial charge < -0.3 is 9.84 Å². The van der Waals surface area contributed by atoms with Gasteiger partial charge in [-0.25, -0.2) is 0 Å². The van der Waals surface area contributed by atoms with E-state index in [-0.39, 0.29) is 0 Å². The number of ether oxygens (including phenoxy) is 1. The highest BCUT2D eigenvalue weighted by atomic mass is 35.5. The second-order valence-corrected chi connectivity index (χ2v) is 4.64. The lowest BCUT2D eigenvalue weighted by Crippen LogP contribution is -2.17. The van der Waals surface area contributed by atoms with Gasteiger partial charge in [-0.3, -0.25) is 4.68 Å². The lowest BCUT2D eigenvalue weighted by Gasteiger charge is -2.23. The lowest BCUT2D eigenvalue weighted by atomic mass is 10.0. The molecule has 1 aromatic heterocycles. The van der Waals surface area contributed by atoms with E-state index in [9.17, 15) is 5.11 Å². The van der Waals surface area contributed by atoms with Gasteiger partial charge in [-0.1, -0.05) is 41.9 Å². The zero-order valence-corrected chi connectivity index (χ0v) is 11.7. The zero-order valence-electron chi connectivity index (χ0n) is 11.0. The fraction of sp³-hybridized carbons (Fsp3) is 0.357. The summed E-state index contributed by atoms with van der Waals surface area (Å²) in [6.07, 6.45) is 0.204. The summed E-state index contributed by atoms with van der Waals surface area (Å²) < 4.78 is 7.25. The van der Waals surface area contributed by atoms with Crippen LogP contribution in [0.2, 0.25) is 5.02 Å². The number of hydrogen-bond donors (Lipinski definition) is 1. The third-order valence-corrected chi connectivity index (χ3v) is 3.27. The van der Waals surface area contributed by atoms with Crippen molar-refractivity contribution in [1.82, 2.24) is 9.78 Å². The fourth-order valence-electron chi connectivity index (χ4n) is 2.09. The van der Waals surface area contributed by atoms with Crippen molar-refractivity contribution < 1.29 is 9.84 Å². The molecule has 102 valence electrons. The number of hydrogen-bond acceptors (Lipinski definition) is 3. The van der Waals surface area contributed by atoms with E-state index in [1.807, 2.05) is 37.3 Å². The summed E-state index contributed by atoms with van der Waals surface area (Å²) in [6.45, 7) is 2.40. The van der Waals surface area contributed by atoms with Crippen molar-refractivity contribution >= 4 is 11.6 Å². The van der Waals surface area contributed by atoms with Crippen LogP contribution in [-0.4, -0.2) is 21.5 Å². The van der Waals surface area contributed by atoms with Crippen molar-refractivity contribution in [3.8, 4) is 0 Å². The van der Waals surface area contributed by atoms with E-state index in [1.54, 1.807) is 11.7 Å². The molecule has 4 nitrogen and oxygen atoms in total. The van der Waals surface area contributed by atoms with E-state index in [4.69, 9.17) is 16.3 Å². The Kier molecular flexibility index (Phi) is 4.58. The highest BCUT2D eigenvalue weighted by Crippen LogP contribution is 2.34. The molecular formula is C14H17ClN2O2. The van der Waals surface area contributed by atoms with Crippen molar-refractivity contribution in [3.63, 3.8) is 0 Å². The molecule has 5 heteroatoms. The summed E-state index contributed by atoms with van der Waals surface area (Å²) in [7, 11) is 1.75. The fourth-order valence-corrected chi connectivity index (χ4v) is 2.37. The Morgan fingerprint density at radius 1 is 1.37 bits per heavy atom. The van der Waals surface area contributed by atoms with Gasteiger partial charge in [-0.15, -0.1) is 0 Å². The van der Waals surface area contributed by atoms with Crippen molar-refractivity contribution in [3.05, 3.63) is 52.8 Å². The van der Waals surface area contributed by atoms with Gasteiger partial charge in [-0.2, -0.15) is 5.10 Å². The minimum atomic E-state index is -0.859. The second-order valence-electron chi connectivity index (χ2n) is 4.23. The van der Waals surface area contributed by atoms with Crippen LogP contribution < -0.4 is 0 Å². The van der Waals surface area contributed by atoms with Crippen molar-refractivity contribution in [1.29, 1.82) is 0 Å². The Hall–Kier alpha value is -1.36. The van der Waals surface area contributed by atoms with Gasteiger partial charge in [-0.05, 0) is 12.5 Å². The molecule has 0 aliphatic rings. The van der Waals surface area contributed by atoms with Crippen molar-refractivity contribution in [2.24, 2.45) is 7.05 Å². The predicted molar refractivity (Wildman–Crippen MR) is 74.0 cm³/mol. The SMILES string of the molecule is CCOC(c1ccccc1)C(O)c1c(Cl)cnn1C. The molecule has 1 N–H and O–H groups in total. The second kappa shape index (κ2) is 6.19. The number of aromatic nitrogens is 2. The minimum Gasteiger partial charge on any atom is -0.384 e. The molecule has 2 aromatic rings. The Morgan fingerprint density at radius 3 is 2.58 bits per heavy atom. The Morgan fingerprint density at radius 2 is 2.05 bits per heavy atom. The maximum absolute atomic E-state index is 10.5. The quantitative estimate of drug-likeness (QED) is 0.916. The topological polar surface area (TPSA) is 47.3 Å². The highest BCUT2D eigenvalue weighted by Gasteiger charge is 2.27. The van der Waals surface area contributed by atoms with Crippen LogP contribution in [0.1, 0.15) is 30.4 Å². The van der Waals surface area contributed by atoms with Crippen LogP contribution in [0.25, 0.3) is 0 Å². The average molecular weight is 281 g/mol. The number of aliphatic hydroxyl groups excluding tert-OH is 1. The van der Waals surface area contributed by atoms with Gasteiger partial charge in [0.2, 0.25) is 0 Å². The summed E-state index contributed by atoms with van der Waals surface area (Å²) in [6, 6.07) is 9.61. The number of nitrogens with zero attached hydrogens (tertiary/aromatic N) is 2. The smallest absolute Gasteiger partial charge is 0.127 e. The molecule has 0 radical (unpaired) electrons. The normalized spacial score (nSPS) is 14.3. The molecule has 0 saturated heterocycles. The molecule has 0 aliphatic carbocycles. The van der Waals surface area contributed by atoms with Gasteiger partial charge >= 0.3 is 0 Å². The summed E-state index contributed by atoms with van der Waals surface area (Å²) in [4.78, 5) is 0. The number of rotatable bonds is 5. The summed E-state index contributed by atoms with van der Waals surface area (Å²) in [5.41, 5.74) is 1.47. The summed E-state index contributed by atoms with van der Waals surface area (Å²) in [5.74, 6) is 0. The molecule has 2 rings (SSSR count). The first-order chi connectivity index (χ1) is 9.15. The molecule has 0 aliphatic heterocycles. The van der Waals surface area contributed by atoms with E-state index in [1.165, 1.54) is 6.20 Å². The van der Waals surface area contributed by atoms with E-state index < -0.39 is 12.2 Å². The Labute approximate surface area is 117 Å². The zero-order chi connectivity index (χ0) is 13.8. The lowest BCUT2D eigenvalue weighted by molar-refractivity contribution is -0.0394. The van der Waals surface area contributed by atoms with E-state index in [2.05, 4.69) is 5.10 Å². The Bertz CT molecular complexity index is 508. The van der Waals surface area contributed by atoms with Crippen LogP contribution in [0, 0.1) is 0 Å². The number of halogens is 1. The van der Waals surface area contributed by atoms with Gasteiger partial charge in [0.05, 0.1) is 16.9 Å². The maximum atomic E-state index is 10.5. The molecule has 19 heavy (non-hydrogen) atoms. The van der Waals surface area contributed by atoms with Crippen LogP contribution in [-0.2, 0) is 11.8 Å². The van der Waals surface area contributed by atoms with Gasteiger partial charge in [0.1, 0.15) is 12.2 Å². The summed E-state index contributed by atoms with van der Waals surface area (Å²) >= 11 is 6.07. The Balaban J connectivity index is 2.34. The molecule has 1 aromatic carbocycles. The van der Waals surface area contributed by atoms with Gasteiger partial charge in [0, 0.05) is 13.7 Å². The van der Waals surface area contributed by atoms with E-state index in [0.29, 0.717) is 17.3 Å². The maximum Gasteiger partial charge on any atom is 0.127 e. The first kappa shape index (κ1) is 14.1. The minimum absolute atomic E-state index is 0.440. The van der Waals surface area contributed by atoms with Crippen LogP contribution >= 0.6 is 11.6 Å². The first-order valence-corrected chi connectivity index (χ1v) is 6.55. The van der Waals surface area contributed by atoms with Crippen LogP contribution in [0.15, 0.2) is 36.5 Å². The molecule has 2 unspecified atom stereocenters. The summed E-state index contributed by atoms with van der Waals surface area (Å²) in [5, 5.41) is 15.0. The largest absolute Gasteiger partial charge is 0.384 e. The van der Waals surface area contributed by atoms with Crippen LogP contribution in [0.5, 0.6) is 0 Å². The first-order valence-electron chi connectivity index (χ1n) is 6.17. The molecule has 0 bridgehead atoms. The van der Waals surface area contributed by atoms with Crippen molar-refractivity contribution in [2.75, 3.05) is 6.61 Å². The number of aliphatic hydroxyl groups is 1. The predicted octanol–water partition coefficient (Wildman–Crippen LogP) is 2.88. The van der Waals surface area contributed by atoms with Crippen LogP contribution in [0.3, 0.4) is 0 Å².